The van der Waals surface area contributed by atoms with Crippen LogP contribution in [0.2, 0.25) is 0 Å². The molecule has 6 saturated carbocycles. The van der Waals surface area contributed by atoms with Gasteiger partial charge < -0.3 is 43.0 Å². The minimum atomic E-state index is -0.950. The second-order valence-electron chi connectivity index (χ2n) is 28.0. The predicted octanol–water partition coefficient (Wildman–Crippen LogP) is 19.7. The maximum absolute atomic E-state index is 13.1. The van der Waals surface area contributed by atoms with Gasteiger partial charge in [0.25, 0.3) is 0 Å². The van der Waals surface area contributed by atoms with Crippen molar-refractivity contribution in [1.29, 1.82) is 0 Å². The number of carboxylic acid groups (broad SMARTS) is 1. The smallest absolute Gasteiger partial charge is 0.339 e. The zero-order chi connectivity index (χ0) is 66.6. The summed E-state index contributed by atoms with van der Waals surface area (Å²) in [7, 11) is 2.91. The number of benzene rings is 6. The van der Waals surface area contributed by atoms with Crippen LogP contribution in [0.5, 0.6) is 17.2 Å². The molecule has 9 aliphatic rings. The fraction of sp³-hybridized carbons (Fsp3) is 0.427. The number of thiophene rings is 2. The normalized spacial score (nSPS) is 18.5. The van der Waals surface area contributed by atoms with Crippen molar-refractivity contribution in [2.24, 2.45) is 0 Å². The molecule has 3 aliphatic heterocycles. The number of methoxy groups -OCH3 is 2. The van der Waals surface area contributed by atoms with Crippen LogP contribution in [-0.4, -0.2) is 75.4 Å². The van der Waals surface area contributed by atoms with Crippen molar-refractivity contribution in [3.05, 3.63) is 177 Å². The molecule has 0 saturated heterocycles. The molecule has 0 radical (unpaired) electrons. The minimum Gasteiger partial charge on any atom is -0.493 e. The first kappa shape index (κ1) is 66.0. The Morgan fingerprint density at radius 1 is 0.454 bits per heavy atom. The van der Waals surface area contributed by atoms with Gasteiger partial charge in [-0.3, -0.25) is 0 Å². The maximum atomic E-state index is 13.1. The molecular formula is C82H85IO12S2. The second kappa shape index (κ2) is 28.4. The highest BCUT2D eigenvalue weighted by Crippen LogP contribution is 2.56. The number of hydrogen-bond acceptors (Lipinski definition) is 13. The largest absolute Gasteiger partial charge is 0.493 e. The number of ether oxygens (including phenoxy) is 8. The number of aliphatic carboxylic acids is 1. The summed E-state index contributed by atoms with van der Waals surface area (Å²) in [6.07, 6.45) is 17.0. The summed E-state index contributed by atoms with van der Waals surface area (Å²) in [5.74, 6) is 2.89. The lowest BCUT2D eigenvalue weighted by atomic mass is 9.81. The van der Waals surface area contributed by atoms with Crippen molar-refractivity contribution in [2.75, 3.05) is 34.0 Å². The molecule has 1 N–H and O–H groups in total. The molecular weight excluding hydrogens is 1370 g/mol. The fourth-order valence-corrected chi connectivity index (χ4v) is 17.3. The van der Waals surface area contributed by atoms with E-state index in [1.54, 1.807) is 22.7 Å². The van der Waals surface area contributed by atoms with Crippen LogP contribution in [0.1, 0.15) is 199 Å². The molecule has 6 aromatic carbocycles. The van der Waals surface area contributed by atoms with E-state index in [0.717, 1.165) is 188 Å². The lowest BCUT2D eigenvalue weighted by molar-refractivity contribution is -0.156. The summed E-state index contributed by atoms with van der Waals surface area (Å²) in [5.41, 5.74) is 25.4. The summed E-state index contributed by atoms with van der Waals surface area (Å²) < 4.78 is 48.1. The lowest BCUT2D eigenvalue weighted by Crippen LogP contribution is -2.21. The summed E-state index contributed by atoms with van der Waals surface area (Å²) in [4.78, 5) is 38.4. The highest BCUT2D eigenvalue weighted by atomic mass is 127. The van der Waals surface area contributed by atoms with Crippen molar-refractivity contribution >= 4 is 63.2 Å². The number of carbonyl (C=O) groups excluding carboxylic acids is 2. The van der Waals surface area contributed by atoms with Gasteiger partial charge in [0.1, 0.15) is 17.2 Å². The Bertz CT molecular complexity index is 4280. The zero-order valence-electron chi connectivity index (χ0n) is 56.1. The van der Waals surface area contributed by atoms with E-state index in [-0.39, 0.29) is 30.3 Å². The summed E-state index contributed by atoms with van der Waals surface area (Å²) in [6.45, 7) is 8.56. The molecule has 5 heterocycles. The van der Waals surface area contributed by atoms with Gasteiger partial charge in [0, 0.05) is 20.3 Å². The van der Waals surface area contributed by atoms with Crippen LogP contribution in [0.15, 0.2) is 106 Å². The molecule has 8 aromatic rings. The van der Waals surface area contributed by atoms with Gasteiger partial charge in [-0.2, -0.15) is 22.7 Å². The topological polar surface area (TPSA) is 145 Å². The molecule has 15 heteroatoms. The zero-order valence-corrected chi connectivity index (χ0v) is 59.9. The van der Waals surface area contributed by atoms with Gasteiger partial charge in [-0.1, -0.05) is 30.3 Å². The number of aryl methyl sites for hydroxylation is 6. The van der Waals surface area contributed by atoms with E-state index < -0.39 is 24.3 Å². The standard InChI is InChI=1S/C29H30O4S.C28H28O4S.C25H27IO4/c1-17-14-23(21-11-13-34-16-21)26(18-5-6-18)27(20-7-10-24-19(15-20)4-3-12-32-24)25(17)28(29(30)31-2)33-22-8-9-22;1-16-13-22(20-10-12-33-15-20)25(17-4-5-17)26(24(16)27(28(29)30)32-21-7-8-21)19-6-9-23-18(14-19)3-2-11-31-23;1-14-12-19(26)22(15-5-6-15)23(17-7-10-20-16(13-17)4-3-11-29-20)21(14)24(25(27)28-2)30-18-8-9-18/h7,10-11,13-16,18,22,28H,3-6,8-9,12H2,1-2H3;6,9-10,12-15,17,21,27H,2-5,7-8,11H2,1H3,(H,29,30);7,10,12-13,15,18,24H,3-6,8-9,11H2,1-2H3. The number of esters is 2. The fourth-order valence-electron chi connectivity index (χ4n) is 14.8. The Balaban J connectivity index is 0.000000119. The third kappa shape index (κ3) is 14.4. The third-order valence-electron chi connectivity index (χ3n) is 20.4. The number of halogens is 1. The van der Waals surface area contributed by atoms with Crippen LogP contribution in [0, 0.1) is 24.3 Å². The number of rotatable bonds is 20. The van der Waals surface area contributed by atoms with Gasteiger partial charge in [-0.15, -0.1) is 0 Å². The Morgan fingerprint density at radius 3 is 1.14 bits per heavy atom. The van der Waals surface area contributed by atoms with Gasteiger partial charge >= 0.3 is 17.9 Å². The molecule has 504 valence electrons. The van der Waals surface area contributed by atoms with Gasteiger partial charge in [-0.05, 0) is 359 Å². The van der Waals surface area contributed by atoms with E-state index in [4.69, 9.17) is 37.9 Å². The Kier molecular flexibility index (Phi) is 19.3. The molecule has 0 amide bonds. The van der Waals surface area contributed by atoms with Crippen molar-refractivity contribution in [3.8, 4) is 72.9 Å². The van der Waals surface area contributed by atoms with Gasteiger partial charge in [0.15, 0.2) is 18.3 Å². The van der Waals surface area contributed by atoms with E-state index in [9.17, 15) is 19.5 Å². The predicted molar refractivity (Wildman–Crippen MR) is 389 cm³/mol. The molecule has 3 atom stereocenters. The average molecular weight is 1450 g/mol. The molecule has 17 rings (SSSR count). The van der Waals surface area contributed by atoms with Crippen LogP contribution in [0.25, 0.3) is 55.6 Å². The number of carbonyl (C=O) groups is 3. The van der Waals surface area contributed by atoms with E-state index in [2.05, 4.69) is 143 Å². The van der Waals surface area contributed by atoms with E-state index in [1.807, 2.05) is 6.92 Å². The Hall–Kier alpha value is -6.86. The first-order valence-corrected chi connectivity index (χ1v) is 38.1. The van der Waals surface area contributed by atoms with E-state index in [0.29, 0.717) is 17.8 Å². The average Bonchev–Trinajstić information content (AvgIpc) is 1.67. The third-order valence-corrected chi connectivity index (χ3v) is 22.7. The van der Waals surface area contributed by atoms with Crippen LogP contribution in [-0.2, 0) is 57.3 Å². The summed E-state index contributed by atoms with van der Waals surface area (Å²) >= 11 is 5.88. The van der Waals surface area contributed by atoms with Crippen molar-refractivity contribution < 1.29 is 57.4 Å². The van der Waals surface area contributed by atoms with Gasteiger partial charge in [0.2, 0.25) is 0 Å². The maximum Gasteiger partial charge on any atom is 0.339 e. The van der Waals surface area contributed by atoms with Gasteiger partial charge in [0.05, 0.1) is 52.4 Å². The van der Waals surface area contributed by atoms with Crippen LogP contribution in [0.3, 0.4) is 0 Å². The summed E-state index contributed by atoms with van der Waals surface area (Å²) in [5, 5.41) is 18.9. The first-order chi connectivity index (χ1) is 47.3. The van der Waals surface area contributed by atoms with Crippen LogP contribution in [0.4, 0.5) is 0 Å². The lowest BCUT2D eigenvalue weighted by Gasteiger charge is -2.27. The monoisotopic (exact) mass is 1450 g/mol. The molecule has 12 nitrogen and oxygen atoms in total. The molecule has 3 unspecified atom stereocenters. The van der Waals surface area contributed by atoms with Crippen LogP contribution < -0.4 is 14.2 Å². The Morgan fingerprint density at radius 2 is 0.804 bits per heavy atom. The van der Waals surface area contributed by atoms with E-state index in [1.165, 1.54) is 105 Å². The molecule has 6 aliphatic carbocycles. The highest BCUT2D eigenvalue weighted by molar-refractivity contribution is 14.1. The minimum absolute atomic E-state index is 0.0520. The first-order valence-electron chi connectivity index (χ1n) is 35.2. The second-order valence-corrected chi connectivity index (χ2v) is 30.7. The van der Waals surface area contributed by atoms with Crippen molar-refractivity contribution in [3.63, 3.8) is 0 Å². The molecule has 2 aromatic heterocycles. The van der Waals surface area contributed by atoms with Crippen molar-refractivity contribution in [2.45, 2.75) is 191 Å². The Labute approximate surface area is 590 Å². The molecule has 0 bridgehead atoms. The molecule has 97 heavy (non-hydrogen) atoms. The number of fused-ring (bicyclic) bond motifs is 3. The number of carboxylic acids is 1. The van der Waals surface area contributed by atoms with Crippen molar-refractivity contribution in [1.82, 2.24) is 0 Å². The van der Waals surface area contributed by atoms with E-state index >= 15 is 0 Å². The quantitative estimate of drug-likeness (QED) is 0.0573. The molecule has 6 fully saturated rings. The SMILES string of the molecule is COC(=O)C(OC1CC1)c1c(C)cc(-c2ccsc2)c(C2CC2)c1-c1ccc2c(c1)CCCO2.COC(=O)C(OC1CC1)c1c(C)cc(I)c(C2CC2)c1-c1ccc2c(c1)CCCO2.Cc1cc(-c2ccsc2)c(C2CC2)c(-c2ccc3c(c2)CCCO3)c1C(OC1CC1)C(=O)O. The van der Waals surface area contributed by atoms with Crippen LogP contribution >= 0.6 is 45.3 Å². The number of hydrogen-bond donors (Lipinski definition) is 1. The van der Waals surface area contributed by atoms with Gasteiger partial charge in [-0.25, -0.2) is 14.4 Å². The highest BCUT2D eigenvalue weighted by Gasteiger charge is 2.42. The summed E-state index contributed by atoms with van der Waals surface area (Å²) in [6, 6.07) is 30.5. The molecule has 0 spiro atoms.